The number of pyridine rings is 2. The summed E-state index contributed by atoms with van der Waals surface area (Å²) in [6, 6.07) is 30.6. The minimum Gasteiger partial charge on any atom is -0.390 e. The first-order valence-corrected chi connectivity index (χ1v) is 14.5. The van der Waals surface area contributed by atoms with E-state index in [0.29, 0.717) is 13.1 Å². The van der Waals surface area contributed by atoms with Crippen molar-refractivity contribution in [2.75, 3.05) is 13.2 Å². The quantitative estimate of drug-likeness (QED) is 0.251. The van der Waals surface area contributed by atoms with Crippen LogP contribution in [0.25, 0.3) is 33.4 Å². The number of fused-ring (bicyclic) bond motifs is 3. The molecule has 38 heavy (non-hydrogen) atoms. The minimum atomic E-state index is -3.17. The van der Waals surface area contributed by atoms with Crippen molar-refractivity contribution in [3.05, 3.63) is 116 Å². The Morgan fingerprint density at radius 1 is 0.579 bits per heavy atom. The van der Waals surface area contributed by atoms with Crippen LogP contribution in [0.5, 0.6) is 0 Å². The Labute approximate surface area is 222 Å². The lowest BCUT2D eigenvalue weighted by Gasteiger charge is -2.16. The van der Waals surface area contributed by atoms with Gasteiger partial charge in [-0.1, -0.05) is 66.7 Å². The molecule has 1 atom stereocenters. The second-order valence-electron chi connectivity index (χ2n) is 9.51. The summed E-state index contributed by atoms with van der Waals surface area (Å²) in [5, 5.41) is 21.2. The van der Waals surface area contributed by atoms with Crippen LogP contribution in [0.3, 0.4) is 0 Å². The highest BCUT2D eigenvalue weighted by molar-refractivity contribution is 7.86. The highest BCUT2D eigenvalue weighted by atomic mass is 31.2. The SMILES string of the molecule is O=P1(c2ccc(-c3ccccc3)cc2)c2cc(-c3cc[n+](CCO)cc3)ccc2-c2cc[n+](CCO)cc21. The van der Waals surface area contributed by atoms with Crippen molar-refractivity contribution < 1.29 is 23.9 Å². The third-order valence-electron chi connectivity index (χ3n) is 7.24. The first-order valence-electron chi connectivity index (χ1n) is 12.8. The number of rotatable bonds is 7. The zero-order chi connectivity index (χ0) is 26.1. The fourth-order valence-electron chi connectivity index (χ4n) is 5.27. The molecule has 0 fully saturated rings. The highest BCUT2D eigenvalue weighted by Crippen LogP contribution is 2.52. The summed E-state index contributed by atoms with van der Waals surface area (Å²) in [7, 11) is -3.17. The van der Waals surface area contributed by atoms with E-state index in [1.165, 1.54) is 0 Å². The van der Waals surface area contributed by atoms with E-state index >= 15 is 4.57 Å². The van der Waals surface area contributed by atoms with Gasteiger partial charge >= 0.3 is 0 Å². The predicted molar refractivity (Wildman–Crippen MR) is 150 cm³/mol. The average molecular weight is 521 g/mol. The largest absolute Gasteiger partial charge is 0.390 e. The molecule has 0 saturated carbocycles. The molecule has 5 nitrogen and oxygen atoms in total. The Bertz CT molecular complexity index is 1650. The molecule has 3 heterocycles. The molecular weight excluding hydrogens is 491 g/mol. The molecule has 0 saturated heterocycles. The van der Waals surface area contributed by atoms with Crippen LogP contribution in [0, 0.1) is 0 Å². The van der Waals surface area contributed by atoms with E-state index < -0.39 is 7.14 Å². The molecule has 6 heteroatoms. The number of aliphatic hydroxyl groups excluding tert-OH is 2. The molecule has 3 aromatic carbocycles. The van der Waals surface area contributed by atoms with Crippen LogP contribution in [0.1, 0.15) is 0 Å². The van der Waals surface area contributed by atoms with E-state index in [-0.39, 0.29) is 13.2 Å². The van der Waals surface area contributed by atoms with Gasteiger partial charge in [-0.25, -0.2) is 9.13 Å². The van der Waals surface area contributed by atoms with E-state index in [1.807, 2.05) is 94.6 Å². The van der Waals surface area contributed by atoms with Crippen LogP contribution < -0.4 is 25.0 Å². The second-order valence-corrected chi connectivity index (χ2v) is 12.2. The Morgan fingerprint density at radius 2 is 1.16 bits per heavy atom. The van der Waals surface area contributed by atoms with Crippen LogP contribution in [-0.2, 0) is 17.7 Å². The van der Waals surface area contributed by atoms with Crippen molar-refractivity contribution in [1.82, 2.24) is 0 Å². The summed E-state index contributed by atoms with van der Waals surface area (Å²) in [5.41, 5.74) is 6.19. The Balaban J connectivity index is 1.49. The van der Waals surface area contributed by atoms with Gasteiger partial charge in [0.25, 0.3) is 0 Å². The summed E-state index contributed by atoms with van der Waals surface area (Å²) in [6.07, 6.45) is 7.79. The molecule has 6 rings (SSSR count). The van der Waals surface area contributed by atoms with Crippen LogP contribution in [0.15, 0.2) is 116 Å². The Hall–Kier alpha value is -3.89. The minimum absolute atomic E-state index is 0.0148. The van der Waals surface area contributed by atoms with E-state index in [1.54, 1.807) is 0 Å². The van der Waals surface area contributed by atoms with Crippen LogP contribution in [0.4, 0.5) is 0 Å². The lowest BCUT2D eigenvalue weighted by atomic mass is 10.0. The maximum Gasteiger partial charge on any atom is 0.180 e. The van der Waals surface area contributed by atoms with Gasteiger partial charge in [-0.05, 0) is 33.9 Å². The van der Waals surface area contributed by atoms with Crippen molar-refractivity contribution >= 4 is 23.1 Å². The third kappa shape index (κ3) is 4.19. The summed E-state index contributed by atoms with van der Waals surface area (Å²) in [5.74, 6) is 0. The number of nitrogens with zero attached hydrogens (tertiary/aromatic N) is 2. The molecule has 2 N–H and O–H groups in total. The molecule has 2 aromatic heterocycles. The van der Waals surface area contributed by atoms with Gasteiger partial charge in [0.05, 0.1) is 5.30 Å². The summed E-state index contributed by atoms with van der Waals surface area (Å²) >= 11 is 0. The topological polar surface area (TPSA) is 65.3 Å². The Morgan fingerprint density at radius 3 is 1.87 bits per heavy atom. The van der Waals surface area contributed by atoms with E-state index in [9.17, 15) is 10.2 Å². The van der Waals surface area contributed by atoms with Gasteiger partial charge < -0.3 is 14.8 Å². The molecule has 0 bridgehead atoms. The third-order valence-corrected chi connectivity index (χ3v) is 10.4. The van der Waals surface area contributed by atoms with Crippen molar-refractivity contribution in [2.24, 2.45) is 0 Å². The first kappa shape index (κ1) is 24.4. The lowest BCUT2D eigenvalue weighted by molar-refractivity contribution is -0.698. The average Bonchev–Trinajstić information content (AvgIpc) is 3.22. The summed E-state index contributed by atoms with van der Waals surface area (Å²) in [4.78, 5) is 0. The van der Waals surface area contributed by atoms with Crippen molar-refractivity contribution in [1.29, 1.82) is 0 Å². The molecule has 0 radical (unpaired) electrons. The summed E-state index contributed by atoms with van der Waals surface area (Å²) < 4.78 is 19.1. The monoisotopic (exact) mass is 520 g/mol. The molecule has 0 aliphatic carbocycles. The van der Waals surface area contributed by atoms with Gasteiger partial charge in [0.15, 0.2) is 45.0 Å². The van der Waals surface area contributed by atoms with Crippen molar-refractivity contribution in [3.63, 3.8) is 0 Å². The van der Waals surface area contributed by atoms with Gasteiger partial charge in [0.2, 0.25) is 0 Å². The van der Waals surface area contributed by atoms with Crippen LogP contribution in [-0.4, -0.2) is 23.4 Å². The van der Waals surface area contributed by atoms with Crippen LogP contribution in [0.2, 0.25) is 0 Å². The maximum atomic E-state index is 15.3. The summed E-state index contributed by atoms with van der Waals surface area (Å²) in [6.45, 7) is 1.09. The van der Waals surface area contributed by atoms with Crippen molar-refractivity contribution in [2.45, 2.75) is 13.1 Å². The first-order chi connectivity index (χ1) is 18.6. The van der Waals surface area contributed by atoms with Gasteiger partial charge in [0.1, 0.15) is 13.2 Å². The predicted octanol–water partition coefficient (Wildman–Crippen LogP) is 3.20. The van der Waals surface area contributed by atoms with Crippen LogP contribution >= 0.6 is 7.14 Å². The van der Waals surface area contributed by atoms with E-state index in [2.05, 4.69) is 30.3 Å². The zero-order valence-corrected chi connectivity index (χ0v) is 21.8. The number of benzene rings is 3. The highest BCUT2D eigenvalue weighted by Gasteiger charge is 2.42. The van der Waals surface area contributed by atoms with Crippen molar-refractivity contribution in [3.8, 4) is 33.4 Å². The maximum absolute atomic E-state index is 15.3. The van der Waals surface area contributed by atoms with E-state index in [0.717, 1.165) is 49.3 Å². The molecule has 5 aromatic rings. The normalized spacial score (nSPS) is 15.7. The fraction of sp³-hybridized carbons (Fsp3) is 0.125. The Kier molecular flexibility index (Phi) is 6.50. The van der Waals surface area contributed by atoms with E-state index in [4.69, 9.17) is 0 Å². The number of aliphatic hydroxyl groups is 2. The fourth-order valence-corrected chi connectivity index (χ4v) is 8.36. The smallest absolute Gasteiger partial charge is 0.180 e. The molecule has 188 valence electrons. The number of hydrogen-bond donors (Lipinski definition) is 2. The number of hydrogen-bond acceptors (Lipinski definition) is 3. The van der Waals surface area contributed by atoms with Gasteiger partial charge in [0, 0.05) is 34.4 Å². The van der Waals surface area contributed by atoms with Gasteiger partial charge in [-0.3, -0.25) is 0 Å². The van der Waals surface area contributed by atoms with Gasteiger partial charge in [-0.2, -0.15) is 0 Å². The zero-order valence-electron chi connectivity index (χ0n) is 20.9. The molecule has 1 aliphatic heterocycles. The van der Waals surface area contributed by atoms with Gasteiger partial charge in [-0.15, -0.1) is 0 Å². The molecule has 0 spiro atoms. The molecular formula is C32H29N2O3P+2. The molecule has 1 aliphatic rings. The molecule has 1 unspecified atom stereocenters. The number of aromatic nitrogens is 2. The standard InChI is InChI=1S/C32H29N2O3P/c35-20-18-33-15-12-26(13-16-33)27-8-11-29-30-14-17-34(19-21-36)23-32(30)38(37,31(29)22-27)28-9-6-25(7-10-28)24-4-2-1-3-5-24/h1-17,22-23,35-36H,18-21H2/q+2. The molecule has 0 amide bonds. The lowest BCUT2D eigenvalue weighted by Crippen LogP contribution is -2.38. The second kappa shape index (κ2) is 10.1.